The number of rotatable bonds is 0. The van der Waals surface area contributed by atoms with Crippen molar-refractivity contribution in [2.24, 2.45) is 5.16 Å². The second kappa shape index (κ2) is 2.85. The highest BCUT2D eigenvalue weighted by Crippen LogP contribution is 1.79. The van der Waals surface area contributed by atoms with Crippen molar-refractivity contribution in [2.45, 2.75) is 0 Å². The summed E-state index contributed by atoms with van der Waals surface area (Å²) in [5.41, 5.74) is -1.77. The van der Waals surface area contributed by atoms with Gasteiger partial charge in [-0.1, -0.05) is 5.16 Å². The number of nitrogens with zero attached hydrogens (tertiary/aromatic N) is 3. The van der Waals surface area contributed by atoms with E-state index >= 15 is 0 Å². The van der Waals surface area contributed by atoms with E-state index in [9.17, 15) is 14.4 Å². The number of hydrogen-bond acceptors (Lipinski definition) is 5. The summed E-state index contributed by atoms with van der Waals surface area (Å²) in [4.78, 5) is 34.0. The molecule has 0 spiro atoms. The molecular formula is C6H7N3O4. The Bertz CT molecular complexity index is 445. The van der Waals surface area contributed by atoms with Crippen molar-refractivity contribution in [3.63, 3.8) is 0 Å². The van der Waals surface area contributed by atoms with Gasteiger partial charge in [-0.05, 0) is 0 Å². The Hall–Kier alpha value is -1.92. The number of carbonyl (C=O) groups is 1. The average Bonchev–Trinajstić information content (AvgIpc) is 2.05. The highest BCUT2D eigenvalue weighted by atomic mass is 16.4. The second-order valence-electron chi connectivity index (χ2n) is 2.57. The largest absolute Gasteiger partial charge is 0.410 e. The van der Waals surface area contributed by atoms with Gasteiger partial charge in [0.2, 0.25) is 5.36 Å². The van der Waals surface area contributed by atoms with E-state index in [1.165, 1.54) is 14.1 Å². The fourth-order valence-corrected chi connectivity index (χ4v) is 0.802. The molecule has 0 radical (unpaired) electrons. The van der Waals surface area contributed by atoms with Crippen molar-refractivity contribution in [3.05, 3.63) is 26.1 Å². The lowest BCUT2D eigenvalue weighted by atomic mass is 10.5. The molecule has 0 aliphatic rings. The molecular weight excluding hydrogens is 178 g/mol. The summed E-state index contributed by atoms with van der Waals surface area (Å²) >= 11 is 0. The topological polar surface area (TPSA) is 92.0 Å². The van der Waals surface area contributed by atoms with Crippen LogP contribution >= 0.6 is 0 Å². The zero-order valence-corrected chi connectivity index (χ0v) is 7.01. The Kier molecular flexibility index (Phi) is 2.01. The predicted molar refractivity (Wildman–Crippen MR) is 41.2 cm³/mol. The summed E-state index contributed by atoms with van der Waals surface area (Å²) in [6.07, 6.45) is 0. The number of aromatic nitrogens is 1. The Balaban J connectivity index is 3.31. The normalized spacial score (nSPS) is 10.0. The fourth-order valence-electron chi connectivity index (χ4n) is 0.802. The van der Waals surface area contributed by atoms with Crippen molar-refractivity contribution < 1.29 is 10.0 Å². The molecule has 7 nitrogen and oxygen atoms in total. The van der Waals surface area contributed by atoms with E-state index in [0.717, 1.165) is 4.90 Å². The van der Waals surface area contributed by atoms with E-state index in [-0.39, 0.29) is 0 Å². The molecule has 13 heavy (non-hydrogen) atoms. The standard InChI is InChI=1S/C6H7N3O4/c1-8(2)6(12)9-4(10)3(7-13)5(9)11/h13H,1-2H3. The van der Waals surface area contributed by atoms with Crippen LogP contribution in [-0.2, 0) is 0 Å². The summed E-state index contributed by atoms with van der Waals surface area (Å²) in [6.45, 7) is 0. The van der Waals surface area contributed by atoms with Gasteiger partial charge < -0.3 is 10.1 Å². The zero-order valence-electron chi connectivity index (χ0n) is 7.01. The molecule has 1 aromatic heterocycles. The van der Waals surface area contributed by atoms with Crippen molar-refractivity contribution in [1.29, 1.82) is 0 Å². The van der Waals surface area contributed by atoms with E-state index in [1.807, 2.05) is 0 Å². The minimum Gasteiger partial charge on any atom is -0.410 e. The monoisotopic (exact) mass is 185 g/mol. The molecule has 70 valence electrons. The van der Waals surface area contributed by atoms with Gasteiger partial charge in [0.25, 0.3) is 11.1 Å². The van der Waals surface area contributed by atoms with Crippen molar-refractivity contribution in [1.82, 2.24) is 9.47 Å². The zero-order chi connectivity index (χ0) is 10.2. The molecule has 0 fully saturated rings. The first-order valence-electron chi connectivity index (χ1n) is 3.32. The van der Waals surface area contributed by atoms with Gasteiger partial charge in [0, 0.05) is 14.1 Å². The summed E-state index contributed by atoms with van der Waals surface area (Å²) in [5, 5.41) is 10.00. The molecule has 0 aliphatic carbocycles. The molecule has 0 saturated heterocycles. The Morgan fingerprint density at radius 1 is 1.38 bits per heavy atom. The molecule has 1 amide bonds. The van der Waals surface area contributed by atoms with Crippen LogP contribution in [-0.4, -0.2) is 34.8 Å². The lowest BCUT2D eigenvalue weighted by Crippen LogP contribution is -2.63. The first-order chi connectivity index (χ1) is 6.00. The summed E-state index contributed by atoms with van der Waals surface area (Å²) in [5.74, 6) is 0. The van der Waals surface area contributed by atoms with E-state index < -0.39 is 22.5 Å². The molecule has 1 heterocycles. The molecule has 0 saturated carbocycles. The number of carbonyl (C=O) groups excluding carboxylic acids is 1. The van der Waals surface area contributed by atoms with E-state index in [1.54, 1.807) is 0 Å². The third kappa shape index (κ3) is 1.13. The Labute approximate surface area is 71.8 Å². The van der Waals surface area contributed by atoms with Crippen LogP contribution in [0.25, 0.3) is 0 Å². The van der Waals surface area contributed by atoms with Gasteiger partial charge in [-0.3, -0.25) is 9.59 Å². The molecule has 1 aromatic rings. The van der Waals surface area contributed by atoms with Gasteiger partial charge in [0.05, 0.1) is 0 Å². The first kappa shape index (κ1) is 9.17. The van der Waals surface area contributed by atoms with Gasteiger partial charge in [-0.2, -0.15) is 4.57 Å². The van der Waals surface area contributed by atoms with Gasteiger partial charge >= 0.3 is 6.03 Å². The summed E-state index contributed by atoms with van der Waals surface area (Å²) in [7, 11) is 2.80. The molecule has 0 bridgehead atoms. The molecule has 1 N–H and O–H groups in total. The molecule has 1 rings (SSSR count). The van der Waals surface area contributed by atoms with Crippen LogP contribution in [0.5, 0.6) is 0 Å². The van der Waals surface area contributed by atoms with E-state index in [4.69, 9.17) is 5.21 Å². The summed E-state index contributed by atoms with van der Waals surface area (Å²) in [6, 6.07) is -0.748. The van der Waals surface area contributed by atoms with Gasteiger partial charge in [0.15, 0.2) is 0 Å². The highest BCUT2D eigenvalue weighted by molar-refractivity contribution is 5.76. The van der Waals surface area contributed by atoms with Crippen LogP contribution in [0.2, 0.25) is 0 Å². The maximum absolute atomic E-state index is 11.1. The third-order valence-electron chi connectivity index (χ3n) is 1.49. The SMILES string of the molecule is CN(C)C(=O)n1c(=O)c(=NO)c1=O. The van der Waals surface area contributed by atoms with Gasteiger partial charge in [-0.25, -0.2) is 4.79 Å². The smallest absolute Gasteiger partial charge is 0.333 e. The second-order valence-corrected chi connectivity index (χ2v) is 2.57. The third-order valence-corrected chi connectivity index (χ3v) is 1.49. The molecule has 0 unspecified atom stereocenters. The van der Waals surface area contributed by atoms with Gasteiger partial charge in [-0.15, -0.1) is 0 Å². The molecule has 0 aromatic carbocycles. The molecule has 0 aliphatic heterocycles. The van der Waals surface area contributed by atoms with Crippen molar-refractivity contribution in [2.75, 3.05) is 14.1 Å². The van der Waals surface area contributed by atoms with E-state index in [0.29, 0.717) is 4.57 Å². The number of amides is 1. The summed E-state index contributed by atoms with van der Waals surface area (Å²) < 4.78 is 0.398. The lowest BCUT2D eigenvalue weighted by molar-refractivity contribution is 0.215. The Morgan fingerprint density at radius 2 is 1.85 bits per heavy atom. The minimum absolute atomic E-state index is 0.398. The van der Waals surface area contributed by atoms with Crippen LogP contribution in [0.15, 0.2) is 14.7 Å². The van der Waals surface area contributed by atoms with Crippen LogP contribution in [0.4, 0.5) is 4.79 Å². The minimum atomic E-state index is -0.883. The molecule has 7 heteroatoms. The quantitative estimate of drug-likeness (QED) is 0.370. The maximum Gasteiger partial charge on any atom is 0.333 e. The van der Waals surface area contributed by atoms with Crippen molar-refractivity contribution in [3.8, 4) is 0 Å². The fraction of sp³-hybridized carbons (Fsp3) is 0.333. The highest BCUT2D eigenvalue weighted by Gasteiger charge is 2.21. The van der Waals surface area contributed by atoms with E-state index in [2.05, 4.69) is 5.16 Å². The van der Waals surface area contributed by atoms with Gasteiger partial charge in [0.1, 0.15) is 0 Å². The maximum atomic E-state index is 11.1. The van der Waals surface area contributed by atoms with Crippen LogP contribution in [0.1, 0.15) is 0 Å². The average molecular weight is 185 g/mol. The van der Waals surface area contributed by atoms with Crippen molar-refractivity contribution >= 4 is 6.03 Å². The number of hydrogen-bond donors (Lipinski definition) is 1. The van der Waals surface area contributed by atoms with Crippen LogP contribution in [0, 0.1) is 0 Å². The predicted octanol–water partition coefficient (Wildman–Crippen LogP) is -2.10. The van der Waals surface area contributed by atoms with Crippen LogP contribution in [0.3, 0.4) is 0 Å². The molecule has 0 atom stereocenters. The lowest BCUT2D eigenvalue weighted by Gasteiger charge is -2.11. The first-order valence-corrected chi connectivity index (χ1v) is 3.32. The van der Waals surface area contributed by atoms with Crippen LogP contribution < -0.4 is 16.5 Å². The Morgan fingerprint density at radius 3 is 2.15 bits per heavy atom.